The van der Waals surface area contributed by atoms with E-state index in [4.69, 9.17) is 42.1 Å². The van der Waals surface area contributed by atoms with Crippen molar-refractivity contribution in [3.05, 3.63) is 129 Å². The maximum atomic E-state index is 12.4. The van der Waals surface area contributed by atoms with E-state index in [0.29, 0.717) is 45.9 Å². The molecule has 1 heterocycles. The third kappa shape index (κ3) is 8.88. The highest BCUT2D eigenvalue weighted by Gasteiger charge is 2.31. The molecule has 0 unspecified atom stereocenters. The van der Waals surface area contributed by atoms with Gasteiger partial charge in [-0.2, -0.15) is 10.2 Å². The first-order valence-electron chi connectivity index (χ1n) is 13.4. The van der Waals surface area contributed by atoms with Crippen molar-refractivity contribution in [2.24, 2.45) is 10.2 Å². The van der Waals surface area contributed by atoms with Crippen molar-refractivity contribution in [1.82, 2.24) is 10.9 Å². The molecule has 4 aromatic rings. The van der Waals surface area contributed by atoms with Crippen LogP contribution in [0.15, 0.2) is 107 Å². The summed E-state index contributed by atoms with van der Waals surface area (Å²) in [7, 11) is 0. The van der Waals surface area contributed by atoms with Crippen molar-refractivity contribution in [1.29, 1.82) is 0 Å². The lowest BCUT2D eigenvalue weighted by atomic mass is 10.2. The number of nitrogens with one attached hydrogen (secondary N) is 2. The maximum Gasteiger partial charge on any atom is 0.271 e. The molecule has 1 aliphatic heterocycles. The van der Waals surface area contributed by atoms with Crippen molar-refractivity contribution >= 4 is 47.4 Å². The predicted molar refractivity (Wildman–Crippen MR) is 167 cm³/mol. The Balaban J connectivity index is 1.12. The third-order valence-electron chi connectivity index (χ3n) is 6.11. The van der Waals surface area contributed by atoms with E-state index in [0.717, 1.165) is 11.1 Å². The Morgan fingerprint density at radius 1 is 0.614 bits per heavy atom. The lowest BCUT2D eigenvalue weighted by molar-refractivity contribution is -0.271. The second-order valence-electron chi connectivity index (χ2n) is 9.26. The van der Waals surface area contributed by atoms with Gasteiger partial charge < -0.3 is 18.9 Å². The summed E-state index contributed by atoms with van der Waals surface area (Å²) in [4.78, 5) is 24.9. The Morgan fingerprint density at radius 3 is 1.34 bits per heavy atom. The number of hydrogen-bond acceptors (Lipinski definition) is 8. The molecule has 2 atom stereocenters. The summed E-state index contributed by atoms with van der Waals surface area (Å²) >= 11 is 11.7. The Kier molecular flexibility index (Phi) is 10.6. The fourth-order valence-electron chi connectivity index (χ4n) is 3.86. The first-order valence-corrected chi connectivity index (χ1v) is 14.1. The molecular formula is C32H26Cl2N4O6. The predicted octanol–water partition coefficient (Wildman–Crippen LogP) is 5.68. The van der Waals surface area contributed by atoms with Gasteiger partial charge in [-0.05, 0) is 83.9 Å². The number of hydrogen-bond donors (Lipinski definition) is 2. The molecule has 2 amide bonds. The fraction of sp³-hybridized carbons (Fsp3) is 0.125. The number of carbonyl (C=O) groups excluding carboxylic acids is 2. The van der Waals surface area contributed by atoms with E-state index in [1.54, 1.807) is 97.1 Å². The van der Waals surface area contributed by atoms with Crippen LogP contribution in [0.1, 0.15) is 31.8 Å². The minimum Gasteiger partial charge on any atom is -0.458 e. The van der Waals surface area contributed by atoms with E-state index >= 15 is 0 Å². The van der Waals surface area contributed by atoms with Gasteiger partial charge in [-0.1, -0.05) is 47.5 Å². The SMILES string of the molecule is O=C(N/N=C\c1ccc(Cl)cc1)c1ccc(O[C@H]2OCCO[C@H]2Oc2ccc(C(=O)N/N=C\c3ccc(Cl)cc3)cc2)cc1. The summed E-state index contributed by atoms with van der Waals surface area (Å²) in [5.74, 6) is 0.124. The number of ether oxygens (including phenoxy) is 4. The second-order valence-corrected chi connectivity index (χ2v) is 10.1. The number of carbonyl (C=O) groups is 2. The highest BCUT2D eigenvalue weighted by molar-refractivity contribution is 6.30. The molecule has 0 radical (unpaired) electrons. The zero-order valence-electron chi connectivity index (χ0n) is 23.1. The fourth-order valence-corrected chi connectivity index (χ4v) is 4.11. The Labute approximate surface area is 263 Å². The lowest BCUT2D eigenvalue weighted by Gasteiger charge is -2.31. The standard InChI is InChI=1S/C32H26Cl2N4O6/c33-25-9-1-21(2-10-25)19-35-37-29(39)23-5-13-27(14-6-23)43-31-32(42-18-17-41-31)44-28-15-7-24(8-16-28)30(40)38-36-20-22-3-11-26(34)12-4-22/h1-16,19-20,31-32H,17-18H2,(H,37,39)(H,38,40)/b35-19-,36-20-/t31-,32+. The van der Waals surface area contributed by atoms with Gasteiger partial charge in [0, 0.05) is 21.2 Å². The Hall–Kier alpha value is -4.74. The Morgan fingerprint density at radius 2 is 0.977 bits per heavy atom. The van der Waals surface area contributed by atoms with Crippen LogP contribution in [0, 0.1) is 0 Å². The average Bonchev–Trinajstić information content (AvgIpc) is 3.04. The number of hydrazone groups is 2. The molecule has 1 saturated heterocycles. The van der Waals surface area contributed by atoms with Crippen LogP contribution in [0.2, 0.25) is 10.0 Å². The van der Waals surface area contributed by atoms with Crippen LogP contribution in [0.25, 0.3) is 0 Å². The van der Waals surface area contributed by atoms with Gasteiger partial charge in [-0.25, -0.2) is 10.9 Å². The summed E-state index contributed by atoms with van der Waals surface area (Å²) in [6.07, 6.45) is 1.29. The van der Waals surface area contributed by atoms with E-state index < -0.39 is 12.6 Å². The van der Waals surface area contributed by atoms with E-state index in [1.807, 2.05) is 0 Å². The molecular weight excluding hydrogens is 607 g/mol. The molecule has 0 spiro atoms. The van der Waals surface area contributed by atoms with Crippen molar-refractivity contribution in [2.75, 3.05) is 13.2 Å². The molecule has 1 aliphatic rings. The van der Waals surface area contributed by atoms with Gasteiger partial charge in [0.25, 0.3) is 24.4 Å². The van der Waals surface area contributed by atoms with Gasteiger partial charge in [0.15, 0.2) is 0 Å². The summed E-state index contributed by atoms with van der Waals surface area (Å²) in [6.45, 7) is 0.624. The van der Waals surface area contributed by atoms with E-state index in [2.05, 4.69) is 21.1 Å². The van der Waals surface area contributed by atoms with Gasteiger partial charge in [0.1, 0.15) is 11.5 Å². The minimum atomic E-state index is -0.877. The number of halogens is 2. The summed E-state index contributed by atoms with van der Waals surface area (Å²) in [5, 5.41) is 9.17. The smallest absolute Gasteiger partial charge is 0.271 e. The zero-order valence-corrected chi connectivity index (χ0v) is 24.6. The molecule has 10 nitrogen and oxygen atoms in total. The number of benzene rings is 4. The number of nitrogens with zero attached hydrogens (tertiary/aromatic N) is 2. The van der Waals surface area contributed by atoms with E-state index in [9.17, 15) is 9.59 Å². The van der Waals surface area contributed by atoms with Gasteiger partial charge in [0.05, 0.1) is 25.6 Å². The maximum absolute atomic E-state index is 12.4. The van der Waals surface area contributed by atoms with Crippen LogP contribution >= 0.6 is 23.2 Å². The molecule has 5 rings (SSSR count). The highest BCUT2D eigenvalue weighted by Crippen LogP contribution is 2.22. The molecule has 2 N–H and O–H groups in total. The summed E-state index contributed by atoms with van der Waals surface area (Å²) < 4.78 is 23.3. The van der Waals surface area contributed by atoms with Crippen LogP contribution in [0.4, 0.5) is 0 Å². The molecule has 1 fully saturated rings. The van der Waals surface area contributed by atoms with Crippen LogP contribution < -0.4 is 20.3 Å². The largest absolute Gasteiger partial charge is 0.458 e. The monoisotopic (exact) mass is 632 g/mol. The molecule has 12 heteroatoms. The summed E-state index contributed by atoms with van der Waals surface area (Å²) in [5.41, 5.74) is 7.33. The molecule has 0 bridgehead atoms. The zero-order chi connectivity index (χ0) is 30.7. The minimum absolute atomic E-state index is 0.312. The van der Waals surface area contributed by atoms with Crippen LogP contribution in [-0.2, 0) is 9.47 Å². The molecule has 0 saturated carbocycles. The van der Waals surface area contributed by atoms with Crippen molar-refractivity contribution in [3.63, 3.8) is 0 Å². The van der Waals surface area contributed by atoms with Crippen molar-refractivity contribution in [2.45, 2.75) is 12.6 Å². The van der Waals surface area contributed by atoms with Crippen LogP contribution in [0.3, 0.4) is 0 Å². The first-order chi connectivity index (χ1) is 21.4. The lowest BCUT2D eigenvalue weighted by Crippen LogP contribution is -2.45. The third-order valence-corrected chi connectivity index (χ3v) is 6.61. The van der Waals surface area contributed by atoms with Crippen LogP contribution in [-0.4, -0.2) is 50.0 Å². The van der Waals surface area contributed by atoms with E-state index in [-0.39, 0.29) is 11.8 Å². The van der Waals surface area contributed by atoms with Crippen LogP contribution in [0.5, 0.6) is 11.5 Å². The molecule has 44 heavy (non-hydrogen) atoms. The molecule has 4 aromatic carbocycles. The molecule has 0 aliphatic carbocycles. The first kappa shape index (κ1) is 30.7. The van der Waals surface area contributed by atoms with E-state index in [1.165, 1.54) is 12.4 Å². The summed E-state index contributed by atoms with van der Waals surface area (Å²) in [6, 6.07) is 27.0. The van der Waals surface area contributed by atoms with Gasteiger partial charge in [-0.15, -0.1) is 0 Å². The topological polar surface area (TPSA) is 120 Å². The highest BCUT2D eigenvalue weighted by atomic mass is 35.5. The van der Waals surface area contributed by atoms with Crippen molar-refractivity contribution in [3.8, 4) is 11.5 Å². The van der Waals surface area contributed by atoms with Gasteiger partial charge in [0.2, 0.25) is 0 Å². The van der Waals surface area contributed by atoms with Crippen molar-refractivity contribution < 1.29 is 28.5 Å². The molecule has 0 aromatic heterocycles. The van der Waals surface area contributed by atoms with Gasteiger partial charge in [-0.3, -0.25) is 9.59 Å². The normalized spacial score (nSPS) is 16.5. The quantitative estimate of drug-likeness (QED) is 0.171. The average molecular weight is 633 g/mol. The van der Waals surface area contributed by atoms with Gasteiger partial charge >= 0.3 is 0 Å². The second kappa shape index (κ2) is 15.1. The Bertz CT molecular complexity index is 1490. The number of rotatable bonds is 10. The number of amides is 2. The molecule has 224 valence electrons.